The molecular formula is C29H42N4O4S. The van der Waals surface area contributed by atoms with Crippen LogP contribution in [0.15, 0.2) is 18.2 Å². The number of likely N-dealkylation sites (tertiary alicyclic amines) is 1. The fourth-order valence-electron chi connectivity index (χ4n) is 7.01. The lowest BCUT2D eigenvalue weighted by Gasteiger charge is -2.39. The molecule has 3 aliphatic heterocycles. The first kappa shape index (κ1) is 27.5. The SMILES string of the molecule is CS[C@H]1CN(C(=O)[C@H](c2cc(N3CCN(C(C)C)CC3)ccc2C(N)=O)C2CCCCC2)[C@@H]2C(=O)CO[C@H]12. The van der Waals surface area contributed by atoms with Crippen LogP contribution in [-0.4, -0.2) is 96.4 Å². The van der Waals surface area contributed by atoms with Crippen LogP contribution < -0.4 is 10.6 Å². The second-order valence-electron chi connectivity index (χ2n) is 11.6. The minimum absolute atomic E-state index is 0.0193. The number of thioether (sulfide) groups is 1. The molecule has 0 unspecified atom stereocenters. The molecule has 4 aliphatic rings. The van der Waals surface area contributed by atoms with Gasteiger partial charge in [0.05, 0.1) is 17.3 Å². The summed E-state index contributed by atoms with van der Waals surface area (Å²) < 4.78 is 5.84. The first-order valence-electron chi connectivity index (χ1n) is 14.2. The van der Waals surface area contributed by atoms with E-state index in [9.17, 15) is 14.4 Å². The number of benzene rings is 1. The number of amides is 2. The van der Waals surface area contributed by atoms with Gasteiger partial charge in [0.25, 0.3) is 0 Å². The molecule has 0 spiro atoms. The highest BCUT2D eigenvalue weighted by molar-refractivity contribution is 7.99. The monoisotopic (exact) mass is 542 g/mol. The van der Waals surface area contributed by atoms with Crippen LogP contribution in [0.25, 0.3) is 0 Å². The molecule has 208 valence electrons. The molecule has 1 aliphatic carbocycles. The second-order valence-corrected chi connectivity index (χ2v) is 12.7. The fourth-order valence-corrected chi connectivity index (χ4v) is 7.81. The van der Waals surface area contributed by atoms with E-state index in [-0.39, 0.29) is 35.6 Å². The normalized spacial score (nSPS) is 27.7. The maximum atomic E-state index is 14.5. The van der Waals surface area contributed by atoms with Gasteiger partial charge in [0, 0.05) is 50.0 Å². The molecule has 38 heavy (non-hydrogen) atoms. The number of hydrogen-bond donors (Lipinski definition) is 1. The largest absolute Gasteiger partial charge is 0.369 e. The molecule has 4 atom stereocenters. The van der Waals surface area contributed by atoms with Crippen molar-refractivity contribution < 1.29 is 19.1 Å². The minimum atomic E-state index is -0.532. The van der Waals surface area contributed by atoms with Crippen molar-refractivity contribution >= 4 is 35.0 Å². The Balaban J connectivity index is 1.51. The van der Waals surface area contributed by atoms with E-state index >= 15 is 0 Å². The summed E-state index contributed by atoms with van der Waals surface area (Å²) in [6, 6.07) is 5.81. The van der Waals surface area contributed by atoms with Crippen molar-refractivity contribution in [3.8, 4) is 0 Å². The second kappa shape index (κ2) is 11.6. The van der Waals surface area contributed by atoms with Crippen LogP contribution >= 0.6 is 11.8 Å². The fraction of sp³-hybridized carbons (Fsp3) is 0.690. The summed E-state index contributed by atoms with van der Waals surface area (Å²) in [5.74, 6) is -0.955. The molecule has 8 nitrogen and oxygen atoms in total. The highest BCUT2D eigenvalue weighted by atomic mass is 32.2. The molecule has 3 heterocycles. The highest BCUT2D eigenvalue weighted by Crippen LogP contribution is 2.43. The van der Waals surface area contributed by atoms with Gasteiger partial charge in [0.15, 0.2) is 5.78 Å². The molecule has 2 N–H and O–H groups in total. The van der Waals surface area contributed by atoms with Crippen LogP contribution in [0.1, 0.15) is 67.8 Å². The molecule has 9 heteroatoms. The summed E-state index contributed by atoms with van der Waals surface area (Å²) >= 11 is 1.65. The minimum Gasteiger partial charge on any atom is -0.369 e. The van der Waals surface area contributed by atoms with Crippen LogP contribution in [0.4, 0.5) is 5.69 Å². The van der Waals surface area contributed by atoms with E-state index < -0.39 is 17.9 Å². The molecule has 2 amide bonds. The number of carbonyl (C=O) groups excluding carboxylic acids is 3. The number of rotatable bonds is 7. The Hall–Kier alpha value is -2.10. The third kappa shape index (κ3) is 5.21. The zero-order valence-electron chi connectivity index (χ0n) is 22.9. The molecule has 0 radical (unpaired) electrons. The van der Waals surface area contributed by atoms with Crippen LogP contribution in [0.3, 0.4) is 0 Å². The first-order valence-corrected chi connectivity index (χ1v) is 15.5. The van der Waals surface area contributed by atoms with E-state index in [1.807, 2.05) is 18.4 Å². The van der Waals surface area contributed by atoms with Gasteiger partial charge in [-0.3, -0.25) is 19.3 Å². The van der Waals surface area contributed by atoms with Crippen LogP contribution in [0, 0.1) is 5.92 Å². The summed E-state index contributed by atoms with van der Waals surface area (Å²) in [6.07, 6.45) is 6.92. The topological polar surface area (TPSA) is 96.2 Å². The Morgan fingerprint density at radius 1 is 1.08 bits per heavy atom. The van der Waals surface area contributed by atoms with Gasteiger partial charge in [0.2, 0.25) is 11.8 Å². The number of Topliss-reactive ketones (excluding diaryl/α,β-unsaturated/α-hetero) is 1. The van der Waals surface area contributed by atoms with Gasteiger partial charge in [-0.1, -0.05) is 19.3 Å². The van der Waals surface area contributed by atoms with E-state index in [1.165, 1.54) is 0 Å². The lowest BCUT2D eigenvalue weighted by Crippen LogP contribution is -2.49. The molecule has 3 saturated heterocycles. The average Bonchev–Trinajstić information content (AvgIpc) is 3.49. The summed E-state index contributed by atoms with van der Waals surface area (Å²) in [7, 11) is 0. The Kier molecular flexibility index (Phi) is 8.36. The van der Waals surface area contributed by atoms with E-state index in [0.717, 1.165) is 69.5 Å². The number of anilines is 1. The maximum absolute atomic E-state index is 14.5. The Bertz CT molecular complexity index is 1050. The van der Waals surface area contributed by atoms with Crippen molar-refractivity contribution in [2.75, 3.05) is 50.5 Å². The lowest BCUT2D eigenvalue weighted by atomic mass is 9.74. The summed E-state index contributed by atoms with van der Waals surface area (Å²) in [6.45, 7) is 8.75. The van der Waals surface area contributed by atoms with E-state index in [2.05, 4.69) is 29.7 Å². The molecule has 0 aromatic heterocycles. The van der Waals surface area contributed by atoms with Gasteiger partial charge in [0.1, 0.15) is 12.6 Å². The quantitative estimate of drug-likeness (QED) is 0.566. The van der Waals surface area contributed by atoms with Crippen molar-refractivity contribution in [3.63, 3.8) is 0 Å². The van der Waals surface area contributed by atoms with Crippen LogP contribution in [0.2, 0.25) is 0 Å². The molecule has 0 bridgehead atoms. The van der Waals surface area contributed by atoms with E-state index in [1.54, 1.807) is 16.7 Å². The third-order valence-electron chi connectivity index (χ3n) is 9.16. The zero-order valence-corrected chi connectivity index (χ0v) is 23.8. The number of carbonyl (C=O) groups is 3. The predicted molar refractivity (Wildman–Crippen MR) is 151 cm³/mol. The Morgan fingerprint density at radius 2 is 1.79 bits per heavy atom. The van der Waals surface area contributed by atoms with Crippen LogP contribution in [0.5, 0.6) is 0 Å². The van der Waals surface area contributed by atoms with Crippen molar-refractivity contribution in [2.45, 2.75) is 75.3 Å². The van der Waals surface area contributed by atoms with Crippen molar-refractivity contribution in [1.82, 2.24) is 9.80 Å². The van der Waals surface area contributed by atoms with Gasteiger partial charge in [-0.25, -0.2) is 0 Å². The molecular weight excluding hydrogens is 500 g/mol. The number of hydrogen-bond acceptors (Lipinski definition) is 7. The molecule has 1 aromatic rings. The Labute approximate surface area is 230 Å². The van der Waals surface area contributed by atoms with Gasteiger partial charge in [-0.15, -0.1) is 0 Å². The van der Waals surface area contributed by atoms with E-state index in [4.69, 9.17) is 10.5 Å². The zero-order chi connectivity index (χ0) is 27.0. The van der Waals surface area contributed by atoms with Gasteiger partial charge in [-0.2, -0.15) is 11.8 Å². The van der Waals surface area contributed by atoms with Gasteiger partial charge < -0.3 is 20.3 Å². The van der Waals surface area contributed by atoms with E-state index in [0.29, 0.717) is 18.2 Å². The number of piperazine rings is 1. The summed E-state index contributed by atoms with van der Waals surface area (Å²) in [5, 5.41) is 0.0709. The number of fused-ring (bicyclic) bond motifs is 1. The molecule has 1 saturated carbocycles. The summed E-state index contributed by atoms with van der Waals surface area (Å²) in [5.41, 5.74) is 8.09. The highest BCUT2D eigenvalue weighted by Gasteiger charge is 2.53. The molecule has 1 aromatic carbocycles. The number of ketones is 1. The molecule has 4 fully saturated rings. The standard InChI is InChI=1S/C29H42N4O4S/c1-18(2)31-11-13-32(14-12-31)20-9-10-21(28(30)35)22(15-20)25(19-7-5-4-6-8-19)29(36)33-16-24(38-3)27-26(33)23(34)17-37-27/h9-10,15,18-19,24-27H,4-8,11-14,16-17H2,1-3H3,(H2,30,35)/t24-,25-,26+,27+/m0/s1. The number of ether oxygens (including phenoxy) is 1. The number of nitrogens with two attached hydrogens (primary N) is 1. The number of primary amides is 1. The maximum Gasteiger partial charge on any atom is 0.249 e. The smallest absolute Gasteiger partial charge is 0.249 e. The Morgan fingerprint density at radius 3 is 2.42 bits per heavy atom. The van der Waals surface area contributed by atoms with Crippen molar-refractivity contribution in [1.29, 1.82) is 0 Å². The average molecular weight is 543 g/mol. The third-order valence-corrected chi connectivity index (χ3v) is 10.2. The summed E-state index contributed by atoms with van der Waals surface area (Å²) in [4.78, 5) is 46.7. The van der Waals surface area contributed by atoms with Crippen molar-refractivity contribution in [3.05, 3.63) is 29.3 Å². The lowest BCUT2D eigenvalue weighted by molar-refractivity contribution is -0.139. The molecule has 5 rings (SSSR count). The van der Waals surface area contributed by atoms with Gasteiger partial charge in [-0.05, 0) is 62.6 Å². The van der Waals surface area contributed by atoms with Crippen molar-refractivity contribution in [2.24, 2.45) is 11.7 Å². The first-order chi connectivity index (χ1) is 18.3. The van der Waals surface area contributed by atoms with Crippen LogP contribution in [-0.2, 0) is 14.3 Å². The van der Waals surface area contributed by atoms with Gasteiger partial charge >= 0.3 is 0 Å². The predicted octanol–water partition coefficient (Wildman–Crippen LogP) is 2.89. The number of nitrogens with zero attached hydrogens (tertiary/aromatic N) is 3.